The van der Waals surface area contributed by atoms with E-state index < -0.39 is 0 Å². The second-order valence-electron chi connectivity index (χ2n) is 5.52. The number of nitrogens with zero attached hydrogens (tertiary/aromatic N) is 1. The van der Waals surface area contributed by atoms with Gasteiger partial charge in [0.25, 0.3) is 0 Å². The number of likely N-dealkylation sites (tertiary alicyclic amines) is 1. The second-order valence-corrected chi connectivity index (χ2v) is 6.71. The summed E-state index contributed by atoms with van der Waals surface area (Å²) in [7, 11) is 0. The summed E-state index contributed by atoms with van der Waals surface area (Å²) in [4.78, 5) is 25.0. The normalized spacial score (nSPS) is 18.6. The van der Waals surface area contributed by atoms with Crippen LogP contribution in [0.25, 0.3) is 0 Å². The molecular formula is C16H21NO2S. The largest absolute Gasteiger partial charge is 0.338 e. The molecule has 1 saturated heterocycles. The number of rotatable bonds is 4. The second kappa shape index (κ2) is 6.44. The highest BCUT2D eigenvalue weighted by Crippen LogP contribution is 2.25. The molecule has 1 aromatic rings. The molecule has 1 atom stereocenters. The van der Waals surface area contributed by atoms with E-state index in [1.54, 1.807) is 6.92 Å². The van der Waals surface area contributed by atoms with Gasteiger partial charge in [0, 0.05) is 32.2 Å². The third-order valence-corrected chi connectivity index (χ3v) is 4.85. The lowest BCUT2D eigenvalue weighted by atomic mass is 10.0. The molecule has 1 fully saturated rings. The quantitative estimate of drug-likeness (QED) is 0.856. The molecule has 0 saturated carbocycles. The minimum Gasteiger partial charge on any atom is -0.338 e. The number of hydrogen-bond donors (Lipinski definition) is 0. The summed E-state index contributed by atoms with van der Waals surface area (Å²) in [6.45, 7) is 7.22. The van der Waals surface area contributed by atoms with Crippen LogP contribution in [-0.2, 0) is 16.1 Å². The maximum Gasteiger partial charge on any atom is 0.223 e. The van der Waals surface area contributed by atoms with Crippen molar-refractivity contribution in [2.75, 3.05) is 12.3 Å². The lowest BCUT2D eigenvalue weighted by Crippen LogP contribution is -2.25. The van der Waals surface area contributed by atoms with Crippen molar-refractivity contribution < 1.29 is 9.59 Å². The van der Waals surface area contributed by atoms with Crippen molar-refractivity contribution in [3.05, 3.63) is 34.9 Å². The highest BCUT2D eigenvalue weighted by atomic mass is 32.2. The third kappa shape index (κ3) is 3.63. The van der Waals surface area contributed by atoms with E-state index in [9.17, 15) is 9.59 Å². The molecule has 1 aliphatic rings. The van der Waals surface area contributed by atoms with Crippen molar-refractivity contribution in [1.29, 1.82) is 0 Å². The third-order valence-electron chi connectivity index (χ3n) is 3.81. The van der Waals surface area contributed by atoms with Crippen molar-refractivity contribution in [2.24, 2.45) is 5.92 Å². The summed E-state index contributed by atoms with van der Waals surface area (Å²) in [5.41, 5.74) is 3.72. The van der Waals surface area contributed by atoms with Crippen LogP contribution in [0.4, 0.5) is 0 Å². The first-order valence-corrected chi connectivity index (χ1v) is 7.92. The van der Waals surface area contributed by atoms with E-state index >= 15 is 0 Å². The van der Waals surface area contributed by atoms with E-state index in [1.807, 2.05) is 11.0 Å². The van der Waals surface area contributed by atoms with Crippen molar-refractivity contribution >= 4 is 22.8 Å². The van der Waals surface area contributed by atoms with Gasteiger partial charge >= 0.3 is 0 Å². The highest BCUT2D eigenvalue weighted by molar-refractivity contribution is 8.13. The Morgan fingerprint density at radius 2 is 2.00 bits per heavy atom. The topological polar surface area (TPSA) is 37.4 Å². The summed E-state index contributed by atoms with van der Waals surface area (Å²) in [5.74, 6) is 1.27. The predicted octanol–water partition coefficient (Wildman–Crippen LogP) is 2.93. The molecule has 1 heterocycles. The number of carbonyl (C=O) groups is 2. The maximum absolute atomic E-state index is 12.1. The monoisotopic (exact) mass is 291 g/mol. The number of aryl methyl sites for hydroxylation is 2. The maximum atomic E-state index is 12.1. The minimum absolute atomic E-state index is 0.130. The SMILES string of the molecule is CC(=O)SCC1CC(=O)N(Cc2c(C)cccc2C)C1. The summed E-state index contributed by atoms with van der Waals surface area (Å²) >= 11 is 1.33. The number of thioether (sulfide) groups is 1. The molecule has 3 nitrogen and oxygen atoms in total. The van der Waals surface area contributed by atoms with E-state index in [0.29, 0.717) is 18.9 Å². The van der Waals surface area contributed by atoms with E-state index in [1.165, 1.54) is 28.5 Å². The Morgan fingerprint density at radius 1 is 1.35 bits per heavy atom. The molecule has 4 heteroatoms. The predicted molar refractivity (Wildman–Crippen MR) is 82.6 cm³/mol. The van der Waals surface area contributed by atoms with Crippen molar-refractivity contribution in [3.8, 4) is 0 Å². The Labute approximate surface area is 124 Å². The molecule has 0 radical (unpaired) electrons. The van der Waals surface area contributed by atoms with Crippen LogP contribution in [0.1, 0.15) is 30.0 Å². The van der Waals surface area contributed by atoms with Crippen molar-refractivity contribution in [2.45, 2.75) is 33.7 Å². The molecular weight excluding hydrogens is 270 g/mol. The van der Waals surface area contributed by atoms with Gasteiger partial charge in [-0.3, -0.25) is 9.59 Å². The van der Waals surface area contributed by atoms with E-state index in [0.717, 1.165) is 12.3 Å². The standard InChI is InChI=1S/C16H21NO2S/c1-11-5-4-6-12(2)15(11)9-17-8-14(7-16(17)19)10-20-13(3)18/h4-6,14H,7-10H2,1-3H3. The molecule has 0 bridgehead atoms. The summed E-state index contributed by atoms with van der Waals surface area (Å²) < 4.78 is 0. The lowest BCUT2D eigenvalue weighted by molar-refractivity contribution is -0.128. The summed E-state index contributed by atoms with van der Waals surface area (Å²) in [6.07, 6.45) is 0.575. The van der Waals surface area contributed by atoms with E-state index in [2.05, 4.69) is 26.0 Å². The van der Waals surface area contributed by atoms with Gasteiger partial charge in [-0.1, -0.05) is 30.0 Å². The fourth-order valence-electron chi connectivity index (χ4n) is 2.64. The van der Waals surface area contributed by atoms with E-state index in [4.69, 9.17) is 0 Å². The molecule has 1 aliphatic heterocycles. The van der Waals surface area contributed by atoms with Gasteiger partial charge in [0.1, 0.15) is 0 Å². The Kier molecular flexibility index (Phi) is 4.86. The molecule has 0 aliphatic carbocycles. The van der Waals surface area contributed by atoms with Crippen molar-refractivity contribution in [3.63, 3.8) is 0 Å². The first kappa shape index (κ1) is 15.1. The van der Waals surface area contributed by atoms with Crippen LogP contribution in [0, 0.1) is 19.8 Å². The molecule has 1 aromatic carbocycles. The van der Waals surface area contributed by atoms with Crippen LogP contribution in [0.5, 0.6) is 0 Å². The Morgan fingerprint density at radius 3 is 2.60 bits per heavy atom. The highest BCUT2D eigenvalue weighted by Gasteiger charge is 2.30. The molecule has 20 heavy (non-hydrogen) atoms. The minimum atomic E-state index is 0.130. The number of hydrogen-bond acceptors (Lipinski definition) is 3. The van der Waals surface area contributed by atoms with Crippen LogP contribution < -0.4 is 0 Å². The number of benzene rings is 1. The van der Waals surface area contributed by atoms with Gasteiger partial charge in [0.15, 0.2) is 5.12 Å². The first-order chi connectivity index (χ1) is 9.47. The molecule has 2 rings (SSSR count). The van der Waals surface area contributed by atoms with Gasteiger partial charge in [-0.25, -0.2) is 0 Å². The Balaban J connectivity index is 2.00. The van der Waals surface area contributed by atoms with Crippen LogP contribution in [0.15, 0.2) is 18.2 Å². The summed E-state index contributed by atoms with van der Waals surface area (Å²) in [6, 6.07) is 6.23. The molecule has 108 valence electrons. The molecule has 0 N–H and O–H groups in total. The fraction of sp³-hybridized carbons (Fsp3) is 0.500. The van der Waals surface area contributed by atoms with Gasteiger partial charge < -0.3 is 4.90 Å². The molecule has 0 spiro atoms. The van der Waals surface area contributed by atoms with E-state index in [-0.39, 0.29) is 11.0 Å². The van der Waals surface area contributed by atoms with Gasteiger partial charge in [0.2, 0.25) is 5.91 Å². The van der Waals surface area contributed by atoms with Crippen LogP contribution in [0.2, 0.25) is 0 Å². The van der Waals surface area contributed by atoms with Gasteiger partial charge in [-0.05, 0) is 36.5 Å². The van der Waals surface area contributed by atoms with Crippen LogP contribution >= 0.6 is 11.8 Å². The summed E-state index contributed by atoms with van der Waals surface area (Å²) in [5, 5.41) is 0.130. The van der Waals surface area contributed by atoms with Gasteiger partial charge in [0.05, 0.1) is 0 Å². The first-order valence-electron chi connectivity index (χ1n) is 6.93. The molecule has 0 aromatic heterocycles. The molecule has 1 unspecified atom stereocenters. The van der Waals surface area contributed by atoms with Crippen LogP contribution in [0.3, 0.4) is 0 Å². The lowest BCUT2D eigenvalue weighted by Gasteiger charge is -2.19. The number of carbonyl (C=O) groups excluding carboxylic acids is 2. The Bertz CT molecular complexity index is 507. The van der Waals surface area contributed by atoms with Crippen LogP contribution in [-0.4, -0.2) is 28.2 Å². The fourth-order valence-corrected chi connectivity index (χ4v) is 3.34. The van der Waals surface area contributed by atoms with Gasteiger partial charge in [-0.15, -0.1) is 0 Å². The Hall–Kier alpha value is -1.29. The average molecular weight is 291 g/mol. The number of amides is 1. The van der Waals surface area contributed by atoms with Crippen molar-refractivity contribution in [1.82, 2.24) is 4.90 Å². The van der Waals surface area contributed by atoms with Gasteiger partial charge in [-0.2, -0.15) is 0 Å². The smallest absolute Gasteiger partial charge is 0.223 e. The average Bonchev–Trinajstić information content (AvgIpc) is 2.72. The zero-order chi connectivity index (χ0) is 14.7. The zero-order valence-corrected chi connectivity index (χ0v) is 13.1. The molecule has 1 amide bonds. The zero-order valence-electron chi connectivity index (χ0n) is 12.3.